The van der Waals surface area contributed by atoms with Crippen molar-refractivity contribution in [1.29, 1.82) is 0 Å². The molecule has 0 aromatic heterocycles. The third-order valence-electron chi connectivity index (χ3n) is 4.87. The Morgan fingerprint density at radius 3 is 2.55 bits per heavy atom. The van der Waals surface area contributed by atoms with Crippen molar-refractivity contribution in [3.63, 3.8) is 0 Å². The van der Waals surface area contributed by atoms with E-state index in [9.17, 15) is 5.11 Å². The van der Waals surface area contributed by atoms with Gasteiger partial charge >= 0.3 is 0 Å². The van der Waals surface area contributed by atoms with E-state index in [0.29, 0.717) is 0 Å². The van der Waals surface area contributed by atoms with E-state index in [0.717, 1.165) is 19.3 Å². The van der Waals surface area contributed by atoms with E-state index in [1.807, 2.05) is 6.07 Å². The maximum absolute atomic E-state index is 10.7. The van der Waals surface area contributed by atoms with Gasteiger partial charge in [-0.2, -0.15) is 0 Å². The van der Waals surface area contributed by atoms with Crippen molar-refractivity contribution < 1.29 is 5.11 Å². The molecular formula is C21H20O. The highest BCUT2D eigenvalue weighted by molar-refractivity contribution is 5.70. The molecular weight excluding hydrogens is 268 g/mol. The summed E-state index contributed by atoms with van der Waals surface area (Å²) in [4.78, 5) is 0. The van der Waals surface area contributed by atoms with Gasteiger partial charge in [0.25, 0.3) is 0 Å². The van der Waals surface area contributed by atoms with Gasteiger partial charge in [-0.1, -0.05) is 72.3 Å². The van der Waals surface area contributed by atoms with Crippen molar-refractivity contribution in [3.05, 3.63) is 83.5 Å². The summed E-state index contributed by atoms with van der Waals surface area (Å²) >= 11 is 0. The Morgan fingerprint density at radius 1 is 0.909 bits per heavy atom. The summed E-state index contributed by atoms with van der Waals surface area (Å²) in [5.74, 6) is 0.114. The van der Waals surface area contributed by atoms with Crippen molar-refractivity contribution in [2.24, 2.45) is 0 Å². The first-order valence-corrected chi connectivity index (χ1v) is 8.05. The predicted octanol–water partition coefficient (Wildman–Crippen LogP) is 4.85. The summed E-state index contributed by atoms with van der Waals surface area (Å²) in [6, 6.07) is 19.0. The van der Waals surface area contributed by atoms with Crippen LogP contribution >= 0.6 is 0 Å². The van der Waals surface area contributed by atoms with Gasteiger partial charge in [0.2, 0.25) is 0 Å². The molecule has 1 heteroatoms. The normalized spacial score (nSPS) is 23.7. The molecule has 22 heavy (non-hydrogen) atoms. The number of hydrogen-bond donors (Lipinski definition) is 1. The maximum Gasteiger partial charge on any atom is 0.0686 e. The Labute approximate surface area is 131 Å². The molecule has 0 amide bonds. The number of rotatable bonds is 2. The first-order chi connectivity index (χ1) is 10.8. The van der Waals surface area contributed by atoms with Crippen LogP contribution in [0.25, 0.3) is 11.1 Å². The van der Waals surface area contributed by atoms with Crippen LogP contribution in [-0.4, -0.2) is 11.2 Å². The molecule has 2 aliphatic rings. The topological polar surface area (TPSA) is 20.2 Å². The molecule has 2 unspecified atom stereocenters. The van der Waals surface area contributed by atoms with Crippen LogP contribution in [-0.2, 0) is 0 Å². The quantitative estimate of drug-likeness (QED) is 0.837. The fraction of sp³-hybridized carbons (Fsp3) is 0.238. The SMILES string of the molecule is OC1CC2=C(C=CCC2)C1c1ccccc1-c1ccccc1. The zero-order valence-corrected chi connectivity index (χ0v) is 12.6. The molecule has 0 fully saturated rings. The molecule has 0 saturated carbocycles. The molecule has 1 N–H and O–H groups in total. The van der Waals surface area contributed by atoms with Crippen LogP contribution in [0.15, 0.2) is 77.9 Å². The molecule has 0 aliphatic heterocycles. The lowest BCUT2D eigenvalue weighted by Crippen LogP contribution is -2.15. The van der Waals surface area contributed by atoms with Crippen LogP contribution in [0.1, 0.15) is 30.7 Å². The molecule has 0 bridgehead atoms. The molecule has 2 aromatic rings. The Balaban J connectivity index is 1.84. The number of hydrogen-bond acceptors (Lipinski definition) is 1. The molecule has 1 nitrogen and oxygen atoms in total. The van der Waals surface area contributed by atoms with Crippen molar-refractivity contribution in [2.45, 2.75) is 31.3 Å². The van der Waals surface area contributed by atoms with E-state index in [1.54, 1.807) is 0 Å². The van der Waals surface area contributed by atoms with Gasteiger partial charge in [0.1, 0.15) is 0 Å². The van der Waals surface area contributed by atoms with Crippen LogP contribution < -0.4 is 0 Å². The first-order valence-electron chi connectivity index (χ1n) is 8.05. The second-order valence-corrected chi connectivity index (χ2v) is 6.20. The molecule has 0 radical (unpaired) electrons. The van der Waals surface area contributed by atoms with E-state index in [2.05, 4.69) is 60.7 Å². The molecule has 2 atom stereocenters. The highest BCUT2D eigenvalue weighted by atomic mass is 16.3. The molecule has 110 valence electrons. The maximum atomic E-state index is 10.7. The Hall–Kier alpha value is -2.12. The molecule has 4 rings (SSSR count). The summed E-state index contributed by atoms with van der Waals surface area (Å²) in [7, 11) is 0. The second-order valence-electron chi connectivity index (χ2n) is 6.20. The summed E-state index contributed by atoms with van der Waals surface area (Å²) < 4.78 is 0. The monoisotopic (exact) mass is 288 g/mol. The van der Waals surface area contributed by atoms with E-state index >= 15 is 0 Å². The van der Waals surface area contributed by atoms with E-state index in [4.69, 9.17) is 0 Å². The highest BCUT2D eigenvalue weighted by Crippen LogP contribution is 2.46. The summed E-state index contributed by atoms with van der Waals surface area (Å²) in [6.45, 7) is 0. The fourth-order valence-electron chi connectivity index (χ4n) is 3.87. The summed E-state index contributed by atoms with van der Waals surface area (Å²) in [5.41, 5.74) is 6.50. The molecule has 2 aliphatic carbocycles. The third kappa shape index (κ3) is 2.22. The van der Waals surface area contributed by atoms with Crippen LogP contribution in [0.3, 0.4) is 0 Å². The van der Waals surface area contributed by atoms with E-state index in [1.165, 1.54) is 27.8 Å². The van der Waals surface area contributed by atoms with Crippen LogP contribution in [0.4, 0.5) is 0 Å². The minimum Gasteiger partial charge on any atom is -0.392 e. The third-order valence-corrected chi connectivity index (χ3v) is 4.87. The van der Waals surface area contributed by atoms with E-state index < -0.39 is 0 Å². The number of benzene rings is 2. The van der Waals surface area contributed by atoms with Gasteiger partial charge in [0.05, 0.1) is 6.10 Å². The van der Waals surface area contributed by atoms with Crippen LogP contribution in [0.2, 0.25) is 0 Å². The largest absolute Gasteiger partial charge is 0.392 e. The first kappa shape index (κ1) is 13.5. The lowest BCUT2D eigenvalue weighted by molar-refractivity contribution is 0.168. The Bertz CT molecular complexity index is 740. The summed E-state index contributed by atoms with van der Waals surface area (Å²) in [6.07, 6.45) is 7.23. The molecule has 0 saturated heterocycles. The average Bonchev–Trinajstić information content (AvgIpc) is 2.91. The Kier molecular flexibility index (Phi) is 3.44. The van der Waals surface area contributed by atoms with E-state index in [-0.39, 0.29) is 12.0 Å². The van der Waals surface area contributed by atoms with Crippen molar-refractivity contribution >= 4 is 0 Å². The van der Waals surface area contributed by atoms with Gasteiger partial charge in [-0.05, 0) is 41.5 Å². The summed E-state index contributed by atoms with van der Waals surface area (Å²) in [5, 5.41) is 10.7. The second kappa shape index (κ2) is 5.58. The average molecular weight is 288 g/mol. The fourth-order valence-corrected chi connectivity index (χ4v) is 3.87. The number of aliphatic hydroxyl groups excluding tert-OH is 1. The standard InChI is InChI=1S/C21H20O/c22-20-14-16-10-4-5-12-18(16)21(20)19-13-7-6-11-17(19)15-8-2-1-3-9-15/h1-3,5-9,11-13,20-22H,4,10,14H2. The van der Waals surface area contributed by atoms with Crippen molar-refractivity contribution in [3.8, 4) is 11.1 Å². The zero-order chi connectivity index (χ0) is 14.9. The van der Waals surface area contributed by atoms with Gasteiger partial charge in [-0.25, -0.2) is 0 Å². The molecule has 0 heterocycles. The smallest absolute Gasteiger partial charge is 0.0686 e. The van der Waals surface area contributed by atoms with Crippen molar-refractivity contribution in [2.75, 3.05) is 0 Å². The molecule has 2 aromatic carbocycles. The van der Waals surface area contributed by atoms with Gasteiger partial charge < -0.3 is 5.11 Å². The number of aliphatic hydroxyl groups is 1. The number of allylic oxidation sites excluding steroid dienone is 2. The van der Waals surface area contributed by atoms with Crippen molar-refractivity contribution in [1.82, 2.24) is 0 Å². The Morgan fingerprint density at radius 2 is 1.68 bits per heavy atom. The minimum atomic E-state index is -0.294. The van der Waals surface area contributed by atoms with Gasteiger partial charge in [0.15, 0.2) is 0 Å². The van der Waals surface area contributed by atoms with Crippen LogP contribution in [0.5, 0.6) is 0 Å². The lowest BCUT2D eigenvalue weighted by Gasteiger charge is -2.22. The van der Waals surface area contributed by atoms with Crippen LogP contribution in [0, 0.1) is 0 Å². The minimum absolute atomic E-state index is 0.114. The van der Waals surface area contributed by atoms with Gasteiger partial charge in [-0.15, -0.1) is 0 Å². The zero-order valence-electron chi connectivity index (χ0n) is 12.6. The highest BCUT2D eigenvalue weighted by Gasteiger charge is 2.35. The lowest BCUT2D eigenvalue weighted by atomic mass is 9.84. The van der Waals surface area contributed by atoms with Gasteiger partial charge in [-0.3, -0.25) is 0 Å². The van der Waals surface area contributed by atoms with Gasteiger partial charge in [0, 0.05) is 5.92 Å². The molecule has 0 spiro atoms. The predicted molar refractivity (Wildman–Crippen MR) is 90.6 cm³/mol.